The van der Waals surface area contributed by atoms with Crippen LogP contribution in [0.25, 0.3) is 16.6 Å². The van der Waals surface area contributed by atoms with Gasteiger partial charge in [-0.1, -0.05) is 24.3 Å². The minimum atomic E-state index is -4.27. The summed E-state index contributed by atoms with van der Waals surface area (Å²) >= 11 is 0. The first-order valence-electron chi connectivity index (χ1n) is 10.0. The van der Waals surface area contributed by atoms with Gasteiger partial charge in [0.15, 0.2) is 11.6 Å². The Kier molecular flexibility index (Phi) is 6.13. The molecule has 0 spiro atoms. The number of para-hydroxylation sites is 2. The molecule has 3 aromatic rings. The number of sulfonamides is 1. The van der Waals surface area contributed by atoms with Crippen LogP contribution < -0.4 is 0 Å². The number of rotatable bonds is 6. The van der Waals surface area contributed by atoms with Crippen molar-refractivity contribution in [2.24, 2.45) is 0 Å². The highest BCUT2D eigenvalue weighted by atomic mass is 32.2. The van der Waals surface area contributed by atoms with Crippen molar-refractivity contribution >= 4 is 32.6 Å². The molecule has 4 rings (SSSR count). The van der Waals surface area contributed by atoms with E-state index in [9.17, 15) is 28.0 Å². The molecular weight excluding hydrogens is 451 g/mol. The van der Waals surface area contributed by atoms with Gasteiger partial charge in [0, 0.05) is 6.54 Å². The number of allylic oxidation sites excluding steroid dienone is 1. The van der Waals surface area contributed by atoms with E-state index in [4.69, 9.17) is 4.74 Å². The molecule has 0 aliphatic carbocycles. The second-order valence-corrected chi connectivity index (χ2v) is 9.21. The quantitative estimate of drug-likeness (QED) is 0.321. The zero-order chi connectivity index (χ0) is 23.6. The second kappa shape index (κ2) is 9.01. The third-order valence-electron chi connectivity index (χ3n) is 5.28. The SMILES string of the molecule is N#C/C(=C(/O)COC(=O)[C@@H]1CCCN1S(=O)(=O)c1ccccc1F)c1nc2ccccc2[nH]1. The number of hydrogen-bond donors (Lipinski definition) is 2. The summed E-state index contributed by atoms with van der Waals surface area (Å²) in [5.41, 5.74) is 1.04. The normalized spacial score (nSPS) is 17.5. The maximum absolute atomic E-state index is 14.1. The molecule has 0 saturated carbocycles. The van der Waals surface area contributed by atoms with Gasteiger partial charge >= 0.3 is 5.97 Å². The fourth-order valence-corrected chi connectivity index (χ4v) is 5.39. The second-order valence-electron chi connectivity index (χ2n) is 7.35. The van der Waals surface area contributed by atoms with Gasteiger partial charge in [-0.05, 0) is 37.1 Å². The molecule has 2 aromatic carbocycles. The van der Waals surface area contributed by atoms with Crippen LogP contribution in [0.3, 0.4) is 0 Å². The predicted molar refractivity (Wildman–Crippen MR) is 116 cm³/mol. The van der Waals surface area contributed by atoms with Crippen molar-refractivity contribution in [1.82, 2.24) is 14.3 Å². The van der Waals surface area contributed by atoms with Crippen molar-refractivity contribution in [2.75, 3.05) is 13.2 Å². The lowest BCUT2D eigenvalue weighted by Gasteiger charge is -2.23. The van der Waals surface area contributed by atoms with E-state index in [-0.39, 0.29) is 24.4 Å². The number of carbonyl (C=O) groups is 1. The molecule has 11 heteroatoms. The number of esters is 1. The number of aromatic amines is 1. The van der Waals surface area contributed by atoms with Gasteiger partial charge in [0.1, 0.15) is 35.0 Å². The molecule has 0 unspecified atom stereocenters. The van der Waals surface area contributed by atoms with Gasteiger partial charge in [-0.2, -0.15) is 9.57 Å². The Morgan fingerprint density at radius 3 is 2.73 bits per heavy atom. The Balaban J connectivity index is 1.51. The number of hydrogen-bond acceptors (Lipinski definition) is 7. The maximum atomic E-state index is 14.1. The molecule has 0 radical (unpaired) electrons. The van der Waals surface area contributed by atoms with E-state index in [1.54, 1.807) is 24.3 Å². The molecule has 1 saturated heterocycles. The molecule has 1 fully saturated rings. The molecule has 2 heterocycles. The number of H-pyrrole nitrogens is 1. The van der Waals surface area contributed by atoms with Crippen LogP contribution in [0.2, 0.25) is 0 Å². The van der Waals surface area contributed by atoms with E-state index in [0.717, 1.165) is 16.4 Å². The lowest BCUT2D eigenvalue weighted by molar-refractivity contribution is -0.147. The highest BCUT2D eigenvalue weighted by Gasteiger charge is 2.41. The third kappa shape index (κ3) is 4.30. The van der Waals surface area contributed by atoms with E-state index in [0.29, 0.717) is 17.5 Å². The van der Waals surface area contributed by atoms with Gasteiger partial charge in [0.05, 0.1) is 11.0 Å². The number of aliphatic hydroxyl groups excluding tert-OH is 1. The molecule has 1 atom stereocenters. The van der Waals surface area contributed by atoms with Crippen molar-refractivity contribution in [1.29, 1.82) is 5.26 Å². The van der Waals surface area contributed by atoms with Gasteiger partial charge < -0.3 is 14.8 Å². The fourth-order valence-electron chi connectivity index (χ4n) is 3.68. The van der Waals surface area contributed by atoms with E-state index >= 15 is 0 Å². The monoisotopic (exact) mass is 470 g/mol. The number of ether oxygens (including phenoxy) is 1. The van der Waals surface area contributed by atoms with Gasteiger partial charge in [0.2, 0.25) is 10.0 Å². The highest BCUT2D eigenvalue weighted by Crippen LogP contribution is 2.28. The first-order chi connectivity index (χ1) is 15.8. The van der Waals surface area contributed by atoms with Crippen LogP contribution in [0.5, 0.6) is 0 Å². The summed E-state index contributed by atoms with van der Waals surface area (Å²) in [6.45, 7) is -0.621. The minimum Gasteiger partial charge on any atom is -0.507 e. The maximum Gasteiger partial charge on any atom is 0.324 e. The Bertz CT molecular complexity index is 1360. The number of imidazole rings is 1. The topological polar surface area (TPSA) is 136 Å². The highest BCUT2D eigenvalue weighted by molar-refractivity contribution is 7.89. The van der Waals surface area contributed by atoms with E-state index in [2.05, 4.69) is 9.97 Å². The summed E-state index contributed by atoms with van der Waals surface area (Å²) in [6.07, 6.45) is 0.573. The van der Waals surface area contributed by atoms with Crippen LogP contribution in [0.15, 0.2) is 59.2 Å². The van der Waals surface area contributed by atoms with Crippen LogP contribution in [0, 0.1) is 17.1 Å². The summed E-state index contributed by atoms with van der Waals surface area (Å²) in [4.78, 5) is 19.3. The van der Waals surface area contributed by atoms with Crippen molar-refractivity contribution in [2.45, 2.75) is 23.8 Å². The Morgan fingerprint density at radius 2 is 2.00 bits per heavy atom. The van der Waals surface area contributed by atoms with E-state index in [1.165, 1.54) is 12.1 Å². The Hall–Kier alpha value is -3.75. The first-order valence-corrected chi connectivity index (χ1v) is 11.5. The molecule has 1 aliphatic heterocycles. The standard InChI is InChI=1S/C22H19FN4O5S/c23-15-6-1-4-10-20(15)33(30,31)27-11-5-9-18(27)22(29)32-13-19(28)14(12-24)21-25-16-7-2-3-8-17(16)26-21/h1-4,6-8,10,18,28H,5,9,11,13H2,(H,25,26)/b19-14-/t18-/m0/s1. The Labute approximate surface area is 188 Å². The zero-order valence-electron chi connectivity index (χ0n) is 17.2. The minimum absolute atomic E-state index is 0.0285. The number of carbonyl (C=O) groups excluding carboxylic acids is 1. The molecule has 9 nitrogen and oxygen atoms in total. The van der Waals surface area contributed by atoms with E-state index in [1.807, 2.05) is 6.07 Å². The molecule has 0 bridgehead atoms. The van der Waals surface area contributed by atoms with Gasteiger partial charge in [-0.3, -0.25) is 4.79 Å². The van der Waals surface area contributed by atoms with E-state index < -0.39 is 45.1 Å². The summed E-state index contributed by atoms with van der Waals surface area (Å²) in [5.74, 6) is -2.24. The average molecular weight is 470 g/mol. The van der Waals surface area contributed by atoms with Crippen LogP contribution in [-0.2, 0) is 19.6 Å². The summed E-state index contributed by atoms with van der Waals surface area (Å²) in [7, 11) is -4.27. The number of fused-ring (bicyclic) bond motifs is 1. The molecule has 1 aromatic heterocycles. The lowest BCUT2D eigenvalue weighted by atomic mass is 10.2. The number of nitrogens with one attached hydrogen (secondary N) is 1. The van der Waals surface area contributed by atoms with Crippen molar-refractivity contribution in [3.05, 3.63) is 65.9 Å². The van der Waals surface area contributed by atoms with Crippen molar-refractivity contribution in [3.8, 4) is 6.07 Å². The number of benzene rings is 2. The van der Waals surface area contributed by atoms with Gasteiger partial charge in [-0.25, -0.2) is 17.8 Å². The molecule has 170 valence electrons. The summed E-state index contributed by atoms with van der Waals surface area (Å²) < 4.78 is 45.9. The average Bonchev–Trinajstić information content (AvgIpc) is 3.46. The molecule has 33 heavy (non-hydrogen) atoms. The summed E-state index contributed by atoms with van der Waals surface area (Å²) in [5, 5.41) is 19.8. The molecule has 2 N–H and O–H groups in total. The van der Waals surface area contributed by atoms with Crippen LogP contribution in [-0.4, -0.2) is 53.0 Å². The lowest BCUT2D eigenvalue weighted by Crippen LogP contribution is -2.41. The molecular formula is C22H19FN4O5S. The van der Waals surface area contributed by atoms with Crippen molar-refractivity contribution in [3.63, 3.8) is 0 Å². The Morgan fingerprint density at radius 1 is 1.27 bits per heavy atom. The van der Waals surface area contributed by atoms with Crippen LogP contribution in [0.4, 0.5) is 4.39 Å². The van der Waals surface area contributed by atoms with Gasteiger partial charge in [-0.15, -0.1) is 0 Å². The number of aromatic nitrogens is 2. The van der Waals surface area contributed by atoms with Gasteiger partial charge in [0.25, 0.3) is 0 Å². The van der Waals surface area contributed by atoms with Crippen LogP contribution in [0.1, 0.15) is 18.7 Å². The molecule has 1 aliphatic rings. The van der Waals surface area contributed by atoms with Crippen molar-refractivity contribution < 1.29 is 27.4 Å². The number of halogens is 1. The largest absolute Gasteiger partial charge is 0.507 e. The van der Waals surface area contributed by atoms with Crippen LogP contribution >= 0.6 is 0 Å². The predicted octanol–water partition coefficient (Wildman–Crippen LogP) is 2.89. The smallest absolute Gasteiger partial charge is 0.324 e. The molecule has 0 amide bonds. The summed E-state index contributed by atoms with van der Waals surface area (Å²) in [6, 6.07) is 12.6. The zero-order valence-corrected chi connectivity index (χ0v) is 18.0. The number of nitriles is 1. The first kappa shape index (κ1) is 22.4. The fraction of sp³-hybridized carbons (Fsp3) is 0.227. The number of aliphatic hydroxyl groups is 1. The number of nitrogens with zero attached hydrogens (tertiary/aromatic N) is 3. The third-order valence-corrected chi connectivity index (χ3v) is 7.22.